The van der Waals surface area contributed by atoms with Crippen LogP contribution in [-0.4, -0.2) is 34.3 Å². The van der Waals surface area contributed by atoms with Crippen LogP contribution in [0.3, 0.4) is 0 Å². The van der Waals surface area contributed by atoms with Crippen molar-refractivity contribution in [1.82, 2.24) is 14.7 Å². The molecule has 1 aromatic heterocycles. The van der Waals surface area contributed by atoms with Gasteiger partial charge in [-0.3, -0.25) is 9.58 Å². The monoisotopic (exact) mass is 236 g/mol. The quantitative estimate of drug-likeness (QED) is 0.863. The molecule has 17 heavy (non-hydrogen) atoms. The van der Waals surface area contributed by atoms with E-state index in [-0.39, 0.29) is 0 Å². The molecule has 96 valence electrons. The summed E-state index contributed by atoms with van der Waals surface area (Å²) in [5, 5.41) is 4.25. The zero-order valence-electron chi connectivity index (χ0n) is 11.1. The summed E-state index contributed by atoms with van der Waals surface area (Å²) >= 11 is 0. The van der Waals surface area contributed by atoms with E-state index in [2.05, 4.69) is 30.0 Å². The molecule has 2 N–H and O–H groups in total. The molecule has 2 heterocycles. The molecular formula is C13H24N4. The summed E-state index contributed by atoms with van der Waals surface area (Å²) in [5.41, 5.74) is 7.19. The highest BCUT2D eigenvalue weighted by Crippen LogP contribution is 2.28. The zero-order valence-corrected chi connectivity index (χ0v) is 11.1. The van der Waals surface area contributed by atoms with Crippen LogP contribution in [0.25, 0.3) is 0 Å². The molecule has 0 amide bonds. The van der Waals surface area contributed by atoms with E-state index in [0.29, 0.717) is 12.6 Å². The van der Waals surface area contributed by atoms with Crippen LogP contribution < -0.4 is 5.73 Å². The van der Waals surface area contributed by atoms with E-state index in [1.54, 1.807) is 0 Å². The highest BCUT2D eigenvalue weighted by molar-refractivity contribution is 5.11. The van der Waals surface area contributed by atoms with Crippen molar-refractivity contribution in [3.05, 3.63) is 18.0 Å². The summed E-state index contributed by atoms with van der Waals surface area (Å²) < 4.78 is 1.86. The molecule has 1 fully saturated rings. The molecule has 1 aromatic rings. The Bertz CT molecular complexity index is 360. The van der Waals surface area contributed by atoms with E-state index in [9.17, 15) is 0 Å². The number of rotatable bonds is 3. The van der Waals surface area contributed by atoms with Crippen LogP contribution in [-0.2, 0) is 7.05 Å². The van der Waals surface area contributed by atoms with Gasteiger partial charge < -0.3 is 5.73 Å². The van der Waals surface area contributed by atoms with E-state index in [1.165, 1.54) is 12.0 Å². The largest absolute Gasteiger partial charge is 0.329 e. The number of nitrogens with zero attached hydrogens (tertiary/aromatic N) is 3. The molecule has 1 aliphatic heterocycles. The first-order valence-corrected chi connectivity index (χ1v) is 6.54. The van der Waals surface area contributed by atoms with Gasteiger partial charge in [-0.2, -0.15) is 5.10 Å². The maximum atomic E-state index is 5.95. The molecule has 0 aliphatic carbocycles. The highest BCUT2D eigenvalue weighted by Gasteiger charge is 2.28. The maximum absolute atomic E-state index is 5.95. The fourth-order valence-corrected chi connectivity index (χ4v) is 2.69. The van der Waals surface area contributed by atoms with Crippen LogP contribution in [0, 0.1) is 11.8 Å². The van der Waals surface area contributed by atoms with Crippen molar-refractivity contribution in [2.45, 2.75) is 26.3 Å². The molecule has 0 bridgehead atoms. The minimum Gasteiger partial charge on any atom is -0.329 e. The molecule has 1 aliphatic rings. The lowest BCUT2D eigenvalue weighted by atomic mass is 9.87. The van der Waals surface area contributed by atoms with Gasteiger partial charge in [-0.1, -0.05) is 13.8 Å². The Morgan fingerprint density at radius 2 is 2.24 bits per heavy atom. The van der Waals surface area contributed by atoms with Crippen LogP contribution in [0.4, 0.5) is 0 Å². The molecule has 0 aromatic carbocycles. The van der Waals surface area contributed by atoms with Gasteiger partial charge in [0, 0.05) is 31.9 Å². The molecule has 1 saturated heterocycles. The van der Waals surface area contributed by atoms with E-state index in [0.717, 1.165) is 24.9 Å². The Hall–Kier alpha value is -0.870. The summed E-state index contributed by atoms with van der Waals surface area (Å²) in [5.74, 6) is 1.59. The Kier molecular flexibility index (Phi) is 3.84. The number of likely N-dealkylation sites (tertiary alicyclic amines) is 1. The Morgan fingerprint density at radius 1 is 1.47 bits per heavy atom. The lowest BCUT2D eigenvalue weighted by Crippen LogP contribution is -2.43. The van der Waals surface area contributed by atoms with Gasteiger partial charge in [-0.25, -0.2) is 0 Å². The molecule has 0 saturated carbocycles. The lowest BCUT2D eigenvalue weighted by Gasteiger charge is -2.39. The fourth-order valence-electron chi connectivity index (χ4n) is 2.69. The van der Waals surface area contributed by atoms with Crippen molar-refractivity contribution < 1.29 is 0 Å². The van der Waals surface area contributed by atoms with Crippen molar-refractivity contribution in [2.24, 2.45) is 24.6 Å². The van der Waals surface area contributed by atoms with Gasteiger partial charge in [0.1, 0.15) is 0 Å². The van der Waals surface area contributed by atoms with Crippen LogP contribution >= 0.6 is 0 Å². The van der Waals surface area contributed by atoms with E-state index < -0.39 is 0 Å². The van der Waals surface area contributed by atoms with Gasteiger partial charge in [0.2, 0.25) is 0 Å². The second kappa shape index (κ2) is 5.19. The Morgan fingerprint density at radius 3 is 2.76 bits per heavy atom. The van der Waals surface area contributed by atoms with E-state index >= 15 is 0 Å². The van der Waals surface area contributed by atoms with Crippen molar-refractivity contribution in [2.75, 3.05) is 19.6 Å². The molecular weight excluding hydrogens is 212 g/mol. The third-order valence-electron chi connectivity index (χ3n) is 4.14. The van der Waals surface area contributed by atoms with Crippen LogP contribution in [0.2, 0.25) is 0 Å². The Balaban J connectivity index is 2.08. The highest BCUT2D eigenvalue weighted by atomic mass is 15.3. The van der Waals surface area contributed by atoms with Crippen molar-refractivity contribution in [1.29, 1.82) is 0 Å². The predicted molar refractivity (Wildman–Crippen MR) is 69.5 cm³/mol. The lowest BCUT2D eigenvalue weighted by molar-refractivity contribution is 0.0983. The number of hydrogen-bond donors (Lipinski definition) is 1. The van der Waals surface area contributed by atoms with Gasteiger partial charge in [-0.15, -0.1) is 0 Å². The second-order valence-electron chi connectivity index (χ2n) is 5.44. The van der Waals surface area contributed by atoms with Crippen molar-refractivity contribution in [3.63, 3.8) is 0 Å². The number of nitrogens with two attached hydrogens (primary N) is 1. The molecule has 0 spiro atoms. The predicted octanol–water partition coefficient (Wildman–Crippen LogP) is 1.40. The summed E-state index contributed by atoms with van der Waals surface area (Å²) in [6, 6.07) is 0.332. The summed E-state index contributed by atoms with van der Waals surface area (Å²) in [4.78, 5) is 2.52. The van der Waals surface area contributed by atoms with Gasteiger partial charge >= 0.3 is 0 Å². The third-order valence-corrected chi connectivity index (χ3v) is 4.14. The zero-order chi connectivity index (χ0) is 12.4. The van der Waals surface area contributed by atoms with Gasteiger partial charge in [-0.05, 0) is 24.8 Å². The number of aromatic nitrogens is 2. The van der Waals surface area contributed by atoms with E-state index in [4.69, 9.17) is 5.73 Å². The van der Waals surface area contributed by atoms with Crippen LogP contribution in [0.5, 0.6) is 0 Å². The first-order chi connectivity index (χ1) is 8.11. The van der Waals surface area contributed by atoms with E-state index in [1.807, 2.05) is 17.9 Å². The molecule has 4 heteroatoms. The number of aryl methyl sites for hydroxylation is 1. The van der Waals surface area contributed by atoms with Crippen LogP contribution in [0.1, 0.15) is 31.9 Å². The SMILES string of the molecule is CC1CCN(C(CN)c2cnn(C)c2)CC1C. The molecule has 0 radical (unpaired) electrons. The molecule has 3 unspecified atom stereocenters. The molecule has 2 rings (SSSR count). The minimum absolute atomic E-state index is 0.332. The normalized spacial score (nSPS) is 28.2. The van der Waals surface area contributed by atoms with Gasteiger partial charge in [0.15, 0.2) is 0 Å². The van der Waals surface area contributed by atoms with Gasteiger partial charge in [0.25, 0.3) is 0 Å². The van der Waals surface area contributed by atoms with Crippen LogP contribution in [0.15, 0.2) is 12.4 Å². The summed E-state index contributed by atoms with van der Waals surface area (Å²) in [7, 11) is 1.96. The minimum atomic E-state index is 0.332. The Labute approximate surface area is 104 Å². The first kappa shape index (κ1) is 12.6. The standard InChI is InChI=1S/C13H24N4/c1-10-4-5-17(8-11(10)2)13(6-14)12-7-15-16(3)9-12/h7,9-11,13H,4-6,8,14H2,1-3H3. The number of piperidine rings is 1. The average Bonchev–Trinajstić information content (AvgIpc) is 2.71. The number of hydrogen-bond acceptors (Lipinski definition) is 3. The average molecular weight is 236 g/mol. The van der Waals surface area contributed by atoms with Crippen molar-refractivity contribution in [3.8, 4) is 0 Å². The molecule has 4 nitrogen and oxygen atoms in total. The maximum Gasteiger partial charge on any atom is 0.0538 e. The topological polar surface area (TPSA) is 47.1 Å². The fraction of sp³-hybridized carbons (Fsp3) is 0.769. The molecule has 3 atom stereocenters. The van der Waals surface area contributed by atoms with Gasteiger partial charge in [0.05, 0.1) is 12.2 Å². The first-order valence-electron chi connectivity index (χ1n) is 6.54. The smallest absolute Gasteiger partial charge is 0.0538 e. The second-order valence-corrected chi connectivity index (χ2v) is 5.44. The van der Waals surface area contributed by atoms with Crippen molar-refractivity contribution >= 4 is 0 Å². The summed E-state index contributed by atoms with van der Waals surface area (Å²) in [6.07, 6.45) is 5.30. The summed E-state index contributed by atoms with van der Waals surface area (Å²) in [6.45, 7) is 7.67. The third kappa shape index (κ3) is 2.69.